The van der Waals surface area contributed by atoms with E-state index in [0.717, 1.165) is 35.6 Å². The van der Waals surface area contributed by atoms with Crippen molar-refractivity contribution in [1.29, 1.82) is 0 Å². The van der Waals surface area contributed by atoms with Gasteiger partial charge in [-0.15, -0.1) is 0 Å². The van der Waals surface area contributed by atoms with Gasteiger partial charge in [-0.3, -0.25) is 4.79 Å². The van der Waals surface area contributed by atoms with Gasteiger partial charge >= 0.3 is 5.97 Å². The number of aliphatic carboxylic acids is 1. The zero-order valence-electron chi connectivity index (χ0n) is 14.1. The second kappa shape index (κ2) is 6.31. The zero-order valence-corrected chi connectivity index (χ0v) is 14.1. The van der Waals surface area contributed by atoms with Gasteiger partial charge in [0.05, 0.1) is 13.0 Å². The number of ether oxygens (including phenoxy) is 2. The topological polar surface area (TPSA) is 67.8 Å². The van der Waals surface area contributed by atoms with E-state index in [1.165, 1.54) is 11.1 Å². The summed E-state index contributed by atoms with van der Waals surface area (Å²) in [7, 11) is 1.94. The summed E-state index contributed by atoms with van der Waals surface area (Å²) in [5, 5.41) is 12.2. The maximum atomic E-state index is 10.9. The summed E-state index contributed by atoms with van der Waals surface area (Å²) in [6.07, 6.45) is 2.08. The molecule has 5 heteroatoms. The molecule has 130 valence electrons. The van der Waals surface area contributed by atoms with E-state index in [2.05, 4.69) is 23.5 Å². The molecule has 2 unspecified atom stereocenters. The fourth-order valence-electron chi connectivity index (χ4n) is 3.85. The van der Waals surface area contributed by atoms with E-state index in [1.54, 1.807) is 0 Å². The Morgan fingerprint density at radius 3 is 3.00 bits per heavy atom. The molecule has 0 amide bonds. The lowest BCUT2D eigenvalue weighted by Gasteiger charge is -2.16. The SMILES string of the molecule is CNc1cccc2c1CCC2Oc1ccc2c(c1)OCC2CC(=O)O. The quantitative estimate of drug-likeness (QED) is 0.868. The van der Waals surface area contributed by atoms with E-state index in [-0.39, 0.29) is 18.4 Å². The molecule has 2 atom stereocenters. The van der Waals surface area contributed by atoms with Crippen molar-refractivity contribution in [3.63, 3.8) is 0 Å². The van der Waals surface area contributed by atoms with E-state index < -0.39 is 5.97 Å². The Morgan fingerprint density at radius 2 is 2.20 bits per heavy atom. The molecule has 0 bridgehead atoms. The number of anilines is 1. The summed E-state index contributed by atoms with van der Waals surface area (Å²) in [6, 6.07) is 12.0. The first kappa shape index (κ1) is 15.8. The molecule has 0 spiro atoms. The Morgan fingerprint density at radius 1 is 1.32 bits per heavy atom. The van der Waals surface area contributed by atoms with E-state index >= 15 is 0 Å². The van der Waals surface area contributed by atoms with Crippen LogP contribution in [0.3, 0.4) is 0 Å². The first-order chi connectivity index (χ1) is 12.2. The van der Waals surface area contributed by atoms with E-state index in [4.69, 9.17) is 14.6 Å². The molecular weight excluding hydrogens is 318 g/mol. The molecule has 1 aliphatic carbocycles. The average Bonchev–Trinajstić information content (AvgIpc) is 3.19. The van der Waals surface area contributed by atoms with Crippen molar-refractivity contribution in [2.24, 2.45) is 0 Å². The molecule has 2 N–H and O–H groups in total. The Bertz CT molecular complexity index is 817. The summed E-state index contributed by atoms with van der Waals surface area (Å²) in [4.78, 5) is 10.9. The van der Waals surface area contributed by atoms with Crippen LogP contribution < -0.4 is 14.8 Å². The number of hydrogen-bond donors (Lipinski definition) is 2. The number of benzene rings is 2. The standard InChI is InChI=1S/C20H21NO4/c1-21-17-4-2-3-16-15(17)7-8-18(16)25-13-5-6-14-12(9-20(22)23)11-24-19(14)10-13/h2-6,10,12,18,21H,7-9,11H2,1H3,(H,22,23). The van der Waals surface area contributed by atoms with Gasteiger partial charge in [0.2, 0.25) is 0 Å². The second-order valence-corrected chi connectivity index (χ2v) is 6.57. The smallest absolute Gasteiger partial charge is 0.304 e. The third-order valence-electron chi connectivity index (χ3n) is 5.05. The molecule has 0 saturated heterocycles. The normalized spacial score (nSPS) is 20.5. The average molecular weight is 339 g/mol. The van der Waals surface area contributed by atoms with Crippen molar-refractivity contribution in [2.45, 2.75) is 31.3 Å². The number of carbonyl (C=O) groups is 1. The van der Waals surface area contributed by atoms with Crippen molar-refractivity contribution < 1.29 is 19.4 Å². The van der Waals surface area contributed by atoms with Gasteiger partial charge in [-0.25, -0.2) is 0 Å². The predicted molar refractivity (Wildman–Crippen MR) is 94.6 cm³/mol. The van der Waals surface area contributed by atoms with Crippen LogP contribution in [0.25, 0.3) is 0 Å². The lowest BCUT2D eigenvalue weighted by atomic mass is 9.98. The van der Waals surface area contributed by atoms with Gasteiger partial charge in [-0.2, -0.15) is 0 Å². The molecule has 1 aliphatic heterocycles. The monoisotopic (exact) mass is 339 g/mol. The molecule has 0 aromatic heterocycles. The Kier molecular flexibility index (Phi) is 3.99. The van der Waals surface area contributed by atoms with Gasteiger partial charge in [0, 0.05) is 30.3 Å². The molecule has 0 saturated carbocycles. The van der Waals surface area contributed by atoms with Gasteiger partial charge in [0.25, 0.3) is 0 Å². The van der Waals surface area contributed by atoms with Gasteiger partial charge < -0.3 is 19.9 Å². The maximum absolute atomic E-state index is 10.9. The van der Waals surface area contributed by atoms with Gasteiger partial charge in [0.15, 0.2) is 0 Å². The zero-order chi connectivity index (χ0) is 17.4. The molecule has 0 fully saturated rings. The van der Waals surface area contributed by atoms with Gasteiger partial charge in [-0.1, -0.05) is 18.2 Å². The minimum absolute atomic E-state index is 0.0394. The van der Waals surface area contributed by atoms with E-state index in [9.17, 15) is 4.79 Å². The molecule has 25 heavy (non-hydrogen) atoms. The van der Waals surface area contributed by atoms with Crippen molar-refractivity contribution in [3.8, 4) is 11.5 Å². The number of hydrogen-bond acceptors (Lipinski definition) is 4. The largest absolute Gasteiger partial charge is 0.492 e. The van der Waals surface area contributed by atoms with Crippen molar-refractivity contribution in [2.75, 3.05) is 19.0 Å². The lowest BCUT2D eigenvalue weighted by Crippen LogP contribution is -2.07. The lowest BCUT2D eigenvalue weighted by molar-refractivity contribution is -0.137. The van der Waals surface area contributed by atoms with Crippen LogP contribution in [0.2, 0.25) is 0 Å². The fourth-order valence-corrected chi connectivity index (χ4v) is 3.85. The predicted octanol–water partition coefficient (Wildman–Crippen LogP) is 3.75. The first-order valence-corrected chi connectivity index (χ1v) is 8.60. The van der Waals surface area contributed by atoms with Crippen LogP contribution in [-0.2, 0) is 11.2 Å². The second-order valence-electron chi connectivity index (χ2n) is 6.57. The third kappa shape index (κ3) is 2.90. The minimum Gasteiger partial charge on any atom is -0.492 e. The molecule has 4 rings (SSSR count). The third-order valence-corrected chi connectivity index (χ3v) is 5.05. The summed E-state index contributed by atoms with van der Waals surface area (Å²) in [5.41, 5.74) is 4.68. The molecule has 2 aromatic rings. The van der Waals surface area contributed by atoms with E-state index in [0.29, 0.717) is 6.61 Å². The maximum Gasteiger partial charge on any atom is 0.304 e. The highest BCUT2D eigenvalue weighted by Crippen LogP contribution is 2.42. The number of carboxylic acid groups (broad SMARTS) is 1. The van der Waals surface area contributed by atoms with Crippen LogP contribution in [-0.4, -0.2) is 24.7 Å². The minimum atomic E-state index is -0.801. The molecule has 5 nitrogen and oxygen atoms in total. The summed E-state index contributed by atoms with van der Waals surface area (Å²) in [6.45, 7) is 0.420. The van der Waals surface area contributed by atoms with Gasteiger partial charge in [0.1, 0.15) is 17.6 Å². The van der Waals surface area contributed by atoms with Crippen LogP contribution in [0.4, 0.5) is 5.69 Å². The summed E-state index contributed by atoms with van der Waals surface area (Å²) >= 11 is 0. The Balaban J connectivity index is 1.54. The Hall–Kier alpha value is -2.69. The van der Waals surface area contributed by atoms with Crippen molar-refractivity contribution >= 4 is 11.7 Å². The number of carboxylic acids is 1. The number of rotatable bonds is 5. The van der Waals surface area contributed by atoms with Gasteiger partial charge in [-0.05, 0) is 36.1 Å². The first-order valence-electron chi connectivity index (χ1n) is 8.60. The van der Waals surface area contributed by atoms with Crippen LogP contribution in [0.15, 0.2) is 36.4 Å². The molecule has 2 aromatic carbocycles. The fraction of sp³-hybridized carbons (Fsp3) is 0.350. The van der Waals surface area contributed by atoms with Crippen molar-refractivity contribution in [1.82, 2.24) is 0 Å². The highest BCUT2D eigenvalue weighted by Gasteiger charge is 2.29. The number of fused-ring (bicyclic) bond motifs is 2. The Labute approximate surface area is 146 Å². The van der Waals surface area contributed by atoms with Crippen LogP contribution in [0, 0.1) is 0 Å². The molecular formula is C20H21NO4. The van der Waals surface area contributed by atoms with Crippen molar-refractivity contribution in [3.05, 3.63) is 53.1 Å². The van der Waals surface area contributed by atoms with Crippen LogP contribution >= 0.6 is 0 Å². The van der Waals surface area contributed by atoms with E-state index in [1.807, 2.05) is 25.2 Å². The summed E-state index contributed by atoms with van der Waals surface area (Å²) < 4.78 is 11.9. The molecule has 0 radical (unpaired) electrons. The highest BCUT2D eigenvalue weighted by atomic mass is 16.5. The number of nitrogens with one attached hydrogen (secondary N) is 1. The molecule has 1 heterocycles. The summed E-state index contributed by atoms with van der Waals surface area (Å²) in [5.74, 6) is 0.630. The molecule has 2 aliphatic rings. The van der Waals surface area contributed by atoms with Crippen LogP contribution in [0.1, 0.15) is 41.6 Å². The van der Waals surface area contributed by atoms with Crippen LogP contribution in [0.5, 0.6) is 11.5 Å². The highest BCUT2D eigenvalue weighted by molar-refractivity contribution is 5.68.